The number of aliphatic hydroxyl groups is 1. The molecular weight excluding hydrogens is 242 g/mol. The van der Waals surface area contributed by atoms with E-state index in [4.69, 9.17) is 14.6 Å². The number of aliphatic hydroxyl groups excluding tert-OH is 1. The lowest BCUT2D eigenvalue weighted by Crippen LogP contribution is -2.24. The molecule has 0 fully saturated rings. The first-order chi connectivity index (χ1) is 9.21. The fraction of sp³-hybridized carbons (Fsp3) is 0.600. The van der Waals surface area contributed by atoms with E-state index in [0.29, 0.717) is 18.4 Å². The van der Waals surface area contributed by atoms with Gasteiger partial charge in [0.15, 0.2) is 11.5 Å². The normalized spacial score (nSPS) is 12.2. The highest BCUT2D eigenvalue weighted by atomic mass is 16.5. The predicted molar refractivity (Wildman–Crippen MR) is 76.8 cm³/mol. The zero-order chi connectivity index (χ0) is 14.1. The second-order valence-electron chi connectivity index (χ2n) is 4.48. The van der Waals surface area contributed by atoms with Gasteiger partial charge in [-0.25, -0.2) is 0 Å². The molecule has 0 aliphatic rings. The number of hydrogen-bond acceptors (Lipinski definition) is 4. The van der Waals surface area contributed by atoms with Crippen LogP contribution in [0.5, 0.6) is 11.5 Å². The minimum Gasteiger partial charge on any atom is -0.490 e. The van der Waals surface area contributed by atoms with Crippen LogP contribution in [0, 0.1) is 0 Å². The molecule has 19 heavy (non-hydrogen) atoms. The summed E-state index contributed by atoms with van der Waals surface area (Å²) in [7, 11) is 0. The van der Waals surface area contributed by atoms with Crippen molar-refractivity contribution < 1.29 is 14.6 Å². The topological polar surface area (TPSA) is 50.7 Å². The molecule has 1 rings (SSSR count). The summed E-state index contributed by atoms with van der Waals surface area (Å²) in [6.45, 7) is 7.97. The molecule has 0 heterocycles. The first kappa shape index (κ1) is 15.8. The van der Waals surface area contributed by atoms with E-state index in [2.05, 4.69) is 19.2 Å². The highest BCUT2D eigenvalue weighted by molar-refractivity contribution is 5.43. The average Bonchev–Trinajstić information content (AvgIpc) is 2.44. The molecule has 0 radical (unpaired) electrons. The van der Waals surface area contributed by atoms with Gasteiger partial charge in [-0.15, -0.1) is 0 Å². The molecule has 0 saturated carbocycles. The van der Waals surface area contributed by atoms with Crippen LogP contribution in [0.4, 0.5) is 0 Å². The van der Waals surface area contributed by atoms with Crippen LogP contribution in [0.1, 0.15) is 32.8 Å². The summed E-state index contributed by atoms with van der Waals surface area (Å²) in [5.41, 5.74) is 1.17. The molecule has 0 aliphatic carbocycles. The van der Waals surface area contributed by atoms with Gasteiger partial charge in [0.05, 0.1) is 13.2 Å². The Morgan fingerprint density at radius 3 is 2.63 bits per heavy atom. The molecule has 0 amide bonds. The second kappa shape index (κ2) is 8.77. The molecule has 1 atom stereocenters. The van der Waals surface area contributed by atoms with E-state index >= 15 is 0 Å². The van der Waals surface area contributed by atoms with E-state index < -0.39 is 0 Å². The molecule has 0 spiro atoms. The Labute approximate surface area is 115 Å². The van der Waals surface area contributed by atoms with Crippen molar-refractivity contribution >= 4 is 0 Å². The van der Waals surface area contributed by atoms with Gasteiger partial charge < -0.3 is 19.9 Å². The fourth-order valence-electron chi connectivity index (χ4n) is 1.64. The smallest absolute Gasteiger partial charge is 0.161 e. The van der Waals surface area contributed by atoms with Gasteiger partial charge in [-0.2, -0.15) is 0 Å². The van der Waals surface area contributed by atoms with Crippen molar-refractivity contribution in [2.24, 2.45) is 0 Å². The van der Waals surface area contributed by atoms with Crippen molar-refractivity contribution in [2.75, 3.05) is 19.8 Å². The number of hydrogen-bond donors (Lipinski definition) is 2. The minimum absolute atomic E-state index is 0.00286. The third-order valence-corrected chi connectivity index (χ3v) is 2.92. The van der Waals surface area contributed by atoms with Gasteiger partial charge in [0.1, 0.15) is 6.61 Å². The van der Waals surface area contributed by atoms with Crippen LogP contribution in [0.25, 0.3) is 0 Å². The molecule has 2 N–H and O–H groups in total. The molecular formula is C15H25NO3. The van der Waals surface area contributed by atoms with Crippen molar-refractivity contribution in [1.82, 2.24) is 5.32 Å². The van der Waals surface area contributed by atoms with Crippen LogP contribution >= 0.6 is 0 Å². The number of benzene rings is 1. The van der Waals surface area contributed by atoms with Crippen molar-refractivity contribution in [1.29, 1.82) is 0 Å². The van der Waals surface area contributed by atoms with Gasteiger partial charge in [0, 0.05) is 12.6 Å². The first-order valence-corrected chi connectivity index (χ1v) is 6.94. The highest BCUT2D eigenvalue weighted by Crippen LogP contribution is 2.28. The van der Waals surface area contributed by atoms with Gasteiger partial charge in [-0.3, -0.25) is 0 Å². The van der Waals surface area contributed by atoms with Crippen LogP contribution in [0.15, 0.2) is 18.2 Å². The van der Waals surface area contributed by atoms with Gasteiger partial charge in [-0.1, -0.05) is 13.0 Å². The quantitative estimate of drug-likeness (QED) is 0.721. The Morgan fingerprint density at radius 2 is 2.00 bits per heavy atom. The molecule has 0 saturated heterocycles. The SMILES string of the molecule is CCOc1cc(CNC(C)CC)ccc1OCCO. The fourth-order valence-corrected chi connectivity index (χ4v) is 1.64. The Kier molecular flexibility index (Phi) is 7.30. The van der Waals surface area contributed by atoms with Crippen molar-refractivity contribution in [3.05, 3.63) is 23.8 Å². The predicted octanol–water partition coefficient (Wildman–Crippen LogP) is 2.34. The maximum atomic E-state index is 8.80. The van der Waals surface area contributed by atoms with Crippen molar-refractivity contribution in [2.45, 2.75) is 39.8 Å². The summed E-state index contributed by atoms with van der Waals surface area (Å²) in [6.07, 6.45) is 1.11. The van der Waals surface area contributed by atoms with Crippen LogP contribution in [0.3, 0.4) is 0 Å². The van der Waals surface area contributed by atoms with Gasteiger partial charge in [0.25, 0.3) is 0 Å². The van der Waals surface area contributed by atoms with Crippen LogP contribution < -0.4 is 14.8 Å². The van der Waals surface area contributed by atoms with Crippen LogP contribution in [0.2, 0.25) is 0 Å². The number of ether oxygens (including phenoxy) is 2. The Morgan fingerprint density at radius 1 is 1.21 bits per heavy atom. The first-order valence-electron chi connectivity index (χ1n) is 6.94. The van der Waals surface area contributed by atoms with E-state index in [1.54, 1.807) is 0 Å². The lowest BCUT2D eigenvalue weighted by atomic mass is 10.1. The van der Waals surface area contributed by atoms with Crippen LogP contribution in [-0.2, 0) is 6.54 Å². The van der Waals surface area contributed by atoms with E-state index in [-0.39, 0.29) is 13.2 Å². The maximum absolute atomic E-state index is 8.80. The maximum Gasteiger partial charge on any atom is 0.161 e. The molecule has 0 aromatic heterocycles. The Balaban J connectivity index is 2.71. The molecule has 0 aliphatic heterocycles. The van der Waals surface area contributed by atoms with E-state index in [1.165, 1.54) is 5.56 Å². The molecule has 4 heteroatoms. The Bertz CT molecular complexity index is 368. The van der Waals surface area contributed by atoms with Gasteiger partial charge >= 0.3 is 0 Å². The summed E-state index contributed by atoms with van der Waals surface area (Å²) in [5.74, 6) is 1.42. The van der Waals surface area contributed by atoms with E-state index in [0.717, 1.165) is 18.7 Å². The second-order valence-corrected chi connectivity index (χ2v) is 4.48. The molecule has 1 aromatic carbocycles. The van der Waals surface area contributed by atoms with Gasteiger partial charge in [0.2, 0.25) is 0 Å². The monoisotopic (exact) mass is 267 g/mol. The summed E-state index contributed by atoms with van der Waals surface area (Å²) in [6, 6.07) is 6.41. The van der Waals surface area contributed by atoms with E-state index in [1.807, 2.05) is 25.1 Å². The summed E-state index contributed by atoms with van der Waals surface area (Å²) in [5, 5.41) is 12.2. The van der Waals surface area contributed by atoms with Crippen molar-refractivity contribution in [3.8, 4) is 11.5 Å². The minimum atomic E-state index is 0.00286. The molecule has 4 nitrogen and oxygen atoms in total. The zero-order valence-electron chi connectivity index (χ0n) is 12.1. The van der Waals surface area contributed by atoms with E-state index in [9.17, 15) is 0 Å². The lowest BCUT2D eigenvalue weighted by Gasteiger charge is -2.15. The summed E-state index contributed by atoms with van der Waals surface area (Å²) in [4.78, 5) is 0. The third-order valence-electron chi connectivity index (χ3n) is 2.92. The molecule has 1 aromatic rings. The van der Waals surface area contributed by atoms with Crippen LogP contribution in [-0.4, -0.2) is 31.0 Å². The zero-order valence-corrected chi connectivity index (χ0v) is 12.1. The average molecular weight is 267 g/mol. The molecule has 1 unspecified atom stereocenters. The lowest BCUT2D eigenvalue weighted by molar-refractivity contribution is 0.194. The van der Waals surface area contributed by atoms with Gasteiger partial charge in [-0.05, 0) is 38.0 Å². The largest absolute Gasteiger partial charge is 0.490 e. The summed E-state index contributed by atoms with van der Waals surface area (Å²) >= 11 is 0. The molecule has 0 bridgehead atoms. The highest BCUT2D eigenvalue weighted by Gasteiger charge is 2.07. The molecule has 108 valence electrons. The van der Waals surface area contributed by atoms with Crippen molar-refractivity contribution in [3.63, 3.8) is 0 Å². The number of rotatable bonds is 9. The standard InChI is InChI=1S/C15H25NO3/c1-4-12(3)16-11-13-6-7-14(19-9-8-17)15(10-13)18-5-2/h6-7,10,12,16-17H,4-5,8-9,11H2,1-3H3. The Hall–Kier alpha value is -1.26. The third kappa shape index (κ3) is 5.49. The summed E-state index contributed by atoms with van der Waals surface area (Å²) < 4.78 is 11.0. The number of nitrogens with one attached hydrogen (secondary N) is 1.